The van der Waals surface area contributed by atoms with E-state index in [1.54, 1.807) is 0 Å². The predicted octanol–water partition coefficient (Wildman–Crippen LogP) is 2.37. The van der Waals surface area contributed by atoms with E-state index in [1.807, 2.05) is 30.0 Å². The minimum Gasteiger partial charge on any atom is -0.483 e. The molecule has 1 heterocycles. The van der Waals surface area contributed by atoms with Crippen LogP contribution in [0.15, 0.2) is 22.7 Å². The van der Waals surface area contributed by atoms with Gasteiger partial charge in [0.05, 0.1) is 4.47 Å². The van der Waals surface area contributed by atoms with Crippen LogP contribution in [0.5, 0.6) is 5.75 Å². The number of nitrogens with zero attached hydrogens (tertiary/aromatic N) is 1. The third-order valence-corrected chi connectivity index (χ3v) is 3.30. The minimum atomic E-state index is 0.0691. The number of hydrogen-bond acceptors (Lipinski definition) is 2. The van der Waals surface area contributed by atoms with Gasteiger partial charge in [0.1, 0.15) is 5.75 Å². The van der Waals surface area contributed by atoms with Crippen molar-refractivity contribution in [1.82, 2.24) is 4.90 Å². The first-order valence-corrected chi connectivity index (χ1v) is 6.13. The second-order valence-electron chi connectivity index (χ2n) is 3.96. The van der Waals surface area contributed by atoms with Gasteiger partial charge in [-0.25, -0.2) is 0 Å². The highest BCUT2D eigenvalue weighted by Gasteiger charge is 2.20. The molecule has 1 aromatic carbocycles. The smallest absolute Gasteiger partial charge is 0.260 e. The van der Waals surface area contributed by atoms with Gasteiger partial charge in [0.25, 0.3) is 5.91 Å². The Hall–Kier alpha value is -1.03. The molecular formula is C12H14BrNO2. The Bertz CT molecular complexity index is 402. The first-order chi connectivity index (χ1) is 7.66. The molecule has 1 fully saturated rings. The molecule has 0 radical (unpaired) electrons. The van der Waals surface area contributed by atoms with Gasteiger partial charge in [-0.3, -0.25) is 4.79 Å². The Morgan fingerprint density at radius 3 is 2.88 bits per heavy atom. The normalized spacial score (nSPS) is 14.5. The molecule has 16 heavy (non-hydrogen) atoms. The van der Waals surface area contributed by atoms with E-state index in [-0.39, 0.29) is 12.5 Å². The molecular weight excluding hydrogens is 270 g/mol. The highest BCUT2D eigenvalue weighted by molar-refractivity contribution is 9.10. The molecule has 0 N–H and O–H groups in total. The average Bonchev–Trinajstić information content (AvgIpc) is 2.17. The molecule has 0 bridgehead atoms. The summed E-state index contributed by atoms with van der Waals surface area (Å²) in [6, 6.07) is 5.85. The van der Waals surface area contributed by atoms with Gasteiger partial charge in [-0.1, -0.05) is 6.07 Å². The number of carbonyl (C=O) groups is 1. The second kappa shape index (κ2) is 4.87. The second-order valence-corrected chi connectivity index (χ2v) is 4.81. The molecule has 1 amide bonds. The van der Waals surface area contributed by atoms with Crippen molar-refractivity contribution in [1.29, 1.82) is 0 Å². The molecule has 1 aliphatic heterocycles. The van der Waals surface area contributed by atoms with Gasteiger partial charge in [-0.15, -0.1) is 0 Å². The Kier molecular flexibility index (Phi) is 3.49. The Balaban J connectivity index is 1.93. The topological polar surface area (TPSA) is 29.5 Å². The summed E-state index contributed by atoms with van der Waals surface area (Å²) >= 11 is 3.40. The summed E-state index contributed by atoms with van der Waals surface area (Å²) < 4.78 is 6.38. The summed E-state index contributed by atoms with van der Waals surface area (Å²) in [7, 11) is 0. The van der Waals surface area contributed by atoms with Gasteiger partial charge in [0, 0.05) is 13.1 Å². The van der Waals surface area contributed by atoms with E-state index in [2.05, 4.69) is 15.9 Å². The molecule has 1 aliphatic rings. The van der Waals surface area contributed by atoms with Crippen LogP contribution >= 0.6 is 15.9 Å². The maximum absolute atomic E-state index is 11.6. The minimum absolute atomic E-state index is 0.0691. The number of rotatable bonds is 3. The van der Waals surface area contributed by atoms with Crippen LogP contribution in [-0.4, -0.2) is 30.5 Å². The van der Waals surface area contributed by atoms with E-state index in [0.717, 1.165) is 35.3 Å². The summed E-state index contributed by atoms with van der Waals surface area (Å²) in [5.74, 6) is 0.800. The fourth-order valence-electron chi connectivity index (χ4n) is 1.52. The quantitative estimate of drug-likeness (QED) is 0.852. The van der Waals surface area contributed by atoms with Crippen LogP contribution in [-0.2, 0) is 4.79 Å². The number of amides is 1. The molecule has 3 nitrogen and oxygen atoms in total. The summed E-state index contributed by atoms with van der Waals surface area (Å²) in [6.07, 6.45) is 1.11. The lowest BCUT2D eigenvalue weighted by atomic mass is 10.2. The highest BCUT2D eigenvalue weighted by atomic mass is 79.9. The molecule has 0 saturated carbocycles. The molecule has 0 unspecified atom stereocenters. The number of aryl methyl sites for hydroxylation is 1. The molecule has 1 aromatic rings. The lowest BCUT2D eigenvalue weighted by Crippen LogP contribution is -2.44. The number of hydrogen-bond donors (Lipinski definition) is 0. The first kappa shape index (κ1) is 11.5. The number of ether oxygens (including phenoxy) is 1. The molecule has 0 aliphatic carbocycles. The lowest BCUT2D eigenvalue weighted by Gasteiger charge is -2.30. The Morgan fingerprint density at radius 1 is 1.50 bits per heavy atom. The fraction of sp³-hybridized carbons (Fsp3) is 0.417. The van der Waals surface area contributed by atoms with E-state index in [0.29, 0.717) is 0 Å². The Labute approximate surface area is 104 Å². The maximum Gasteiger partial charge on any atom is 0.260 e. The van der Waals surface area contributed by atoms with Crippen molar-refractivity contribution in [2.45, 2.75) is 13.3 Å². The molecule has 2 rings (SSSR count). The zero-order valence-corrected chi connectivity index (χ0v) is 10.8. The van der Waals surface area contributed by atoms with Gasteiger partial charge in [0.15, 0.2) is 6.61 Å². The van der Waals surface area contributed by atoms with Crippen molar-refractivity contribution in [3.05, 3.63) is 28.2 Å². The van der Waals surface area contributed by atoms with Crippen LogP contribution < -0.4 is 4.74 Å². The van der Waals surface area contributed by atoms with Gasteiger partial charge in [-0.2, -0.15) is 0 Å². The van der Waals surface area contributed by atoms with Crippen LogP contribution in [0.2, 0.25) is 0 Å². The van der Waals surface area contributed by atoms with E-state index >= 15 is 0 Å². The monoisotopic (exact) mass is 283 g/mol. The summed E-state index contributed by atoms with van der Waals surface area (Å²) in [5.41, 5.74) is 1.12. The molecule has 1 saturated heterocycles. The maximum atomic E-state index is 11.6. The third-order valence-electron chi connectivity index (χ3n) is 2.65. The molecule has 86 valence electrons. The van der Waals surface area contributed by atoms with E-state index in [1.165, 1.54) is 0 Å². The van der Waals surface area contributed by atoms with E-state index in [9.17, 15) is 4.79 Å². The third kappa shape index (κ3) is 2.55. The molecule has 4 heteroatoms. The van der Waals surface area contributed by atoms with E-state index in [4.69, 9.17) is 4.74 Å². The average molecular weight is 284 g/mol. The number of halogens is 1. The molecule has 0 spiro atoms. The van der Waals surface area contributed by atoms with Crippen molar-refractivity contribution in [3.63, 3.8) is 0 Å². The summed E-state index contributed by atoms with van der Waals surface area (Å²) in [5, 5.41) is 0. The zero-order valence-electron chi connectivity index (χ0n) is 9.20. The number of benzene rings is 1. The zero-order chi connectivity index (χ0) is 11.5. The van der Waals surface area contributed by atoms with Crippen molar-refractivity contribution in [2.24, 2.45) is 0 Å². The van der Waals surface area contributed by atoms with E-state index < -0.39 is 0 Å². The van der Waals surface area contributed by atoms with Crippen molar-refractivity contribution >= 4 is 21.8 Å². The molecule has 0 aromatic heterocycles. The van der Waals surface area contributed by atoms with Crippen LogP contribution in [0.3, 0.4) is 0 Å². The van der Waals surface area contributed by atoms with Crippen molar-refractivity contribution < 1.29 is 9.53 Å². The summed E-state index contributed by atoms with van der Waals surface area (Å²) in [6.45, 7) is 3.87. The summed E-state index contributed by atoms with van der Waals surface area (Å²) in [4.78, 5) is 13.4. The SMILES string of the molecule is Cc1ccc(Br)c(OCC(=O)N2CCC2)c1. The Morgan fingerprint density at radius 2 is 2.25 bits per heavy atom. The standard InChI is InChI=1S/C12H14BrNO2/c1-9-3-4-10(13)11(7-9)16-8-12(15)14-5-2-6-14/h3-4,7H,2,5-6,8H2,1H3. The lowest BCUT2D eigenvalue weighted by molar-refractivity contribution is -0.136. The number of likely N-dealkylation sites (tertiary alicyclic amines) is 1. The first-order valence-electron chi connectivity index (χ1n) is 5.33. The van der Waals surface area contributed by atoms with Crippen LogP contribution in [0.4, 0.5) is 0 Å². The predicted molar refractivity (Wildman–Crippen MR) is 65.6 cm³/mol. The van der Waals surface area contributed by atoms with Gasteiger partial charge in [0.2, 0.25) is 0 Å². The highest BCUT2D eigenvalue weighted by Crippen LogP contribution is 2.25. The fourth-order valence-corrected chi connectivity index (χ4v) is 1.88. The number of carbonyl (C=O) groups excluding carboxylic acids is 1. The van der Waals surface area contributed by atoms with Crippen molar-refractivity contribution in [3.8, 4) is 5.75 Å². The van der Waals surface area contributed by atoms with Gasteiger partial charge >= 0.3 is 0 Å². The van der Waals surface area contributed by atoms with Crippen LogP contribution in [0, 0.1) is 6.92 Å². The van der Waals surface area contributed by atoms with Crippen LogP contribution in [0.25, 0.3) is 0 Å². The van der Waals surface area contributed by atoms with Crippen molar-refractivity contribution in [2.75, 3.05) is 19.7 Å². The van der Waals surface area contributed by atoms with Gasteiger partial charge in [-0.05, 0) is 47.0 Å². The molecule has 0 atom stereocenters. The van der Waals surface area contributed by atoms with Gasteiger partial charge < -0.3 is 9.64 Å². The largest absolute Gasteiger partial charge is 0.483 e. The van der Waals surface area contributed by atoms with Crippen LogP contribution in [0.1, 0.15) is 12.0 Å².